The second-order valence-electron chi connectivity index (χ2n) is 6.44. The smallest absolute Gasteiger partial charge is 0.220 e. The minimum absolute atomic E-state index is 0.0703. The molecule has 0 fully saturated rings. The van der Waals surface area contributed by atoms with Crippen LogP contribution in [0.2, 0.25) is 0 Å². The van der Waals surface area contributed by atoms with Crippen LogP contribution >= 0.6 is 0 Å². The SMILES string of the molecule is CCOc1ccccc1OCCCC(=O)NCc1nc(-c2ccc(OC)cc2)n[nH]1. The molecule has 0 saturated heterocycles. The first-order valence-electron chi connectivity index (χ1n) is 9.86. The molecule has 0 aliphatic heterocycles. The van der Waals surface area contributed by atoms with E-state index in [1.807, 2.05) is 55.5 Å². The topological polar surface area (TPSA) is 98.4 Å². The summed E-state index contributed by atoms with van der Waals surface area (Å²) in [6, 6.07) is 15.0. The van der Waals surface area contributed by atoms with Gasteiger partial charge in [-0.05, 0) is 49.7 Å². The van der Waals surface area contributed by atoms with Gasteiger partial charge < -0.3 is 19.5 Å². The molecule has 8 nitrogen and oxygen atoms in total. The third-order valence-electron chi connectivity index (χ3n) is 4.29. The van der Waals surface area contributed by atoms with Crippen molar-refractivity contribution in [1.82, 2.24) is 20.5 Å². The summed E-state index contributed by atoms with van der Waals surface area (Å²) in [6.07, 6.45) is 0.954. The minimum atomic E-state index is -0.0703. The number of rotatable bonds is 11. The predicted molar refractivity (Wildman–Crippen MR) is 113 cm³/mol. The van der Waals surface area contributed by atoms with Gasteiger partial charge in [-0.3, -0.25) is 9.89 Å². The first kappa shape index (κ1) is 21.2. The van der Waals surface area contributed by atoms with Crippen LogP contribution in [0.5, 0.6) is 17.2 Å². The Kier molecular flexibility index (Phi) is 7.65. The van der Waals surface area contributed by atoms with Crippen molar-refractivity contribution in [3.05, 3.63) is 54.4 Å². The van der Waals surface area contributed by atoms with E-state index in [4.69, 9.17) is 14.2 Å². The van der Waals surface area contributed by atoms with Crippen LogP contribution in [0.15, 0.2) is 48.5 Å². The molecule has 2 aromatic carbocycles. The number of aromatic amines is 1. The standard InChI is InChI=1S/C22H26N4O4/c1-3-29-18-7-4-5-8-19(18)30-14-6-9-21(27)23-15-20-24-22(26-25-20)16-10-12-17(28-2)13-11-16/h4-5,7-8,10-13H,3,6,9,14-15H2,1-2H3,(H,23,27)(H,24,25,26). The number of hydrogen-bond acceptors (Lipinski definition) is 6. The number of para-hydroxylation sites is 2. The molecule has 30 heavy (non-hydrogen) atoms. The van der Waals surface area contributed by atoms with Crippen molar-refractivity contribution >= 4 is 5.91 Å². The van der Waals surface area contributed by atoms with Crippen LogP contribution in [-0.4, -0.2) is 41.4 Å². The minimum Gasteiger partial charge on any atom is -0.497 e. The van der Waals surface area contributed by atoms with Crippen molar-refractivity contribution < 1.29 is 19.0 Å². The van der Waals surface area contributed by atoms with Gasteiger partial charge in [0.25, 0.3) is 0 Å². The number of benzene rings is 2. The summed E-state index contributed by atoms with van der Waals surface area (Å²) in [5.74, 6) is 3.26. The highest BCUT2D eigenvalue weighted by atomic mass is 16.5. The second kappa shape index (κ2) is 10.8. The second-order valence-corrected chi connectivity index (χ2v) is 6.44. The fourth-order valence-corrected chi connectivity index (χ4v) is 2.77. The summed E-state index contributed by atoms with van der Waals surface area (Å²) < 4.78 is 16.4. The van der Waals surface area contributed by atoms with Crippen molar-refractivity contribution in [2.75, 3.05) is 20.3 Å². The number of H-pyrrole nitrogens is 1. The van der Waals surface area contributed by atoms with Crippen LogP contribution in [0.25, 0.3) is 11.4 Å². The summed E-state index contributed by atoms with van der Waals surface area (Å²) in [5, 5.41) is 9.88. The average Bonchev–Trinajstić information content (AvgIpc) is 3.26. The maximum absolute atomic E-state index is 12.1. The highest BCUT2D eigenvalue weighted by molar-refractivity contribution is 5.75. The van der Waals surface area contributed by atoms with Crippen LogP contribution < -0.4 is 19.5 Å². The molecule has 8 heteroatoms. The fraction of sp³-hybridized carbons (Fsp3) is 0.318. The number of carbonyl (C=O) groups excluding carboxylic acids is 1. The molecule has 158 valence electrons. The Labute approximate surface area is 175 Å². The highest BCUT2D eigenvalue weighted by Crippen LogP contribution is 2.26. The maximum Gasteiger partial charge on any atom is 0.220 e. The molecule has 0 bridgehead atoms. The largest absolute Gasteiger partial charge is 0.497 e. The number of methoxy groups -OCH3 is 1. The first-order valence-corrected chi connectivity index (χ1v) is 9.86. The lowest BCUT2D eigenvalue weighted by Gasteiger charge is -2.11. The molecule has 3 rings (SSSR count). The highest BCUT2D eigenvalue weighted by Gasteiger charge is 2.09. The van der Waals surface area contributed by atoms with Gasteiger partial charge in [-0.15, -0.1) is 0 Å². The molecule has 0 saturated carbocycles. The number of nitrogens with one attached hydrogen (secondary N) is 2. The normalized spacial score (nSPS) is 10.5. The fourth-order valence-electron chi connectivity index (χ4n) is 2.77. The monoisotopic (exact) mass is 410 g/mol. The average molecular weight is 410 g/mol. The molecule has 3 aromatic rings. The van der Waals surface area contributed by atoms with E-state index in [2.05, 4.69) is 20.5 Å². The van der Waals surface area contributed by atoms with Crippen LogP contribution in [0.1, 0.15) is 25.6 Å². The van der Waals surface area contributed by atoms with Gasteiger partial charge in [-0.2, -0.15) is 5.10 Å². The van der Waals surface area contributed by atoms with Crippen LogP contribution in [-0.2, 0) is 11.3 Å². The van der Waals surface area contributed by atoms with Crippen LogP contribution in [0.3, 0.4) is 0 Å². The zero-order chi connectivity index (χ0) is 21.2. The van der Waals surface area contributed by atoms with Crippen molar-refractivity contribution in [3.8, 4) is 28.6 Å². The number of amides is 1. The Balaban J connectivity index is 1.39. The molecular formula is C22H26N4O4. The van der Waals surface area contributed by atoms with Gasteiger partial charge in [0.1, 0.15) is 11.6 Å². The number of aromatic nitrogens is 3. The van der Waals surface area contributed by atoms with Crippen LogP contribution in [0, 0.1) is 0 Å². The zero-order valence-electron chi connectivity index (χ0n) is 17.2. The molecule has 0 aliphatic rings. The summed E-state index contributed by atoms with van der Waals surface area (Å²) in [4.78, 5) is 16.5. The number of carbonyl (C=O) groups is 1. The third-order valence-corrected chi connectivity index (χ3v) is 4.29. The molecule has 0 radical (unpaired) electrons. The van der Waals surface area contributed by atoms with Crippen molar-refractivity contribution in [2.45, 2.75) is 26.3 Å². The molecule has 0 unspecified atom stereocenters. The summed E-state index contributed by atoms with van der Waals surface area (Å²) in [6.45, 7) is 3.22. The van der Waals surface area contributed by atoms with Gasteiger partial charge in [0.15, 0.2) is 17.3 Å². The van der Waals surface area contributed by atoms with E-state index < -0.39 is 0 Å². The summed E-state index contributed by atoms with van der Waals surface area (Å²) in [7, 11) is 1.62. The lowest BCUT2D eigenvalue weighted by Crippen LogP contribution is -2.23. The Morgan fingerprint density at radius 2 is 1.80 bits per heavy atom. The number of ether oxygens (including phenoxy) is 3. The van der Waals surface area contributed by atoms with E-state index in [0.29, 0.717) is 49.2 Å². The van der Waals surface area contributed by atoms with E-state index in [1.165, 1.54) is 0 Å². The first-order chi connectivity index (χ1) is 14.7. The van der Waals surface area contributed by atoms with Crippen molar-refractivity contribution in [3.63, 3.8) is 0 Å². The molecule has 0 aliphatic carbocycles. The Morgan fingerprint density at radius 1 is 1.07 bits per heavy atom. The van der Waals surface area contributed by atoms with E-state index >= 15 is 0 Å². The van der Waals surface area contributed by atoms with Gasteiger partial charge in [0.05, 0.1) is 26.9 Å². The van der Waals surface area contributed by atoms with Crippen molar-refractivity contribution in [1.29, 1.82) is 0 Å². The zero-order valence-corrected chi connectivity index (χ0v) is 17.2. The Hall–Kier alpha value is -3.55. The van der Waals surface area contributed by atoms with E-state index in [-0.39, 0.29) is 12.5 Å². The Bertz CT molecular complexity index is 940. The van der Waals surface area contributed by atoms with E-state index in [1.54, 1.807) is 7.11 Å². The maximum atomic E-state index is 12.1. The van der Waals surface area contributed by atoms with E-state index in [0.717, 1.165) is 11.3 Å². The number of nitrogens with zero attached hydrogens (tertiary/aromatic N) is 2. The van der Waals surface area contributed by atoms with Gasteiger partial charge in [-0.25, -0.2) is 4.98 Å². The third kappa shape index (κ3) is 5.97. The van der Waals surface area contributed by atoms with Gasteiger partial charge in [-0.1, -0.05) is 12.1 Å². The Morgan fingerprint density at radius 3 is 2.50 bits per heavy atom. The molecule has 1 amide bonds. The molecule has 1 heterocycles. The molecule has 1 aromatic heterocycles. The lowest BCUT2D eigenvalue weighted by atomic mass is 10.2. The lowest BCUT2D eigenvalue weighted by molar-refractivity contribution is -0.121. The van der Waals surface area contributed by atoms with Gasteiger partial charge in [0.2, 0.25) is 5.91 Å². The van der Waals surface area contributed by atoms with E-state index in [9.17, 15) is 4.79 Å². The summed E-state index contributed by atoms with van der Waals surface area (Å²) in [5.41, 5.74) is 0.870. The molecule has 2 N–H and O–H groups in total. The molecular weight excluding hydrogens is 384 g/mol. The quantitative estimate of drug-likeness (QED) is 0.471. The molecule has 0 atom stereocenters. The molecule has 0 spiro atoms. The summed E-state index contributed by atoms with van der Waals surface area (Å²) >= 11 is 0. The number of hydrogen-bond donors (Lipinski definition) is 2. The van der Waals surface area contributed by atoms with Gasteiger partial charge >= 0.3 is 0 Å². The van der Waals surface area contributed by atoms with Crippen LogP contribution in [0.4, 0.5) is 0 Å². The van der Waals surface area contributed by atoms with Crippen molar-refractivity contribution in [2.24, 2.45) is 0 Å². The predicted octanol–water partition coefficient (Wildman–Crippen LogP) is 3.35. The van der Waals surface area contributed by atoms with Gasteiger partial charge in [0, 0.05) is 12.0 Å².